The van der Waals surface area contributed by atoms with Gasteiger partial charge >= 0.3 is 5.97 Å². The van der Waals surface area contributed by atoms with Crippen molar-refractivity contribution in [2.75, 3.05) is 7.11 Å². The minimum atomic E-state index is -4.36. The van der Waals surface area contributed by atoms with Crippen molar-refractivity contribution >= 4 is 21.9 Å². The van der Waals surface area contributed by atoms with Gasteiger partial charge in [0.05, 0.1) is 12.0 Å². The van der Waals surface area contributed by atoms with E-state index in [1.807, 2.05) is 42.5 Å². The number of aliphatic carboxylic acids is 1. The highest BCUT2D eigenvalue weighted by Gasteiger charge is 2.47. The first-order valence-corrected chi connectivity index (χ1v) is 11.0. The van der Waals surface area contributed by atoms with Gasteiger partial charge in [-0.25, -0.2) is 13.2 Å². The van der Waals surface area contributed by atoms with E-state index in [1.165, 1.54) is 18.2 Å². The van der Waals surface area contributed by atoms with Crippen molar-refractivity contribution in [2.24, 2.45) is 5.73 Å². The first-order valence-electron chi connectivity index (χ1n) is 9.51. The summed E-state index contributed by atoms with van der Waals surface area (Å²) < 4.78 is 31.4. The van der Waals surface area contributed by atoms with Gasteiger partial charge in [0.1, 0.15) is 5.75 Å². The highest BCUT2D eigenvalue weighted by atomic mass is 32.2. The maximum atomic E-state index is 13.1. The van der Waals surface area contributed by atoms with E-state index in [1.54, 1.807) is 37.5 Å². The number of carbonyl (C=O) groups is 1. The van der Waals surface area contributed by atoms with E-state index >= 15 is 0 Å². The van der Waals surface area contributed by atoms with Crippen LogP contribution in [0.25, 0.3) is 17.2 Å². The van der Waals surface area contributed by atoms with Crippen LogP contribution in [0, 0.1) is 0 Å². The number of hydrogen-bond acceptors (Lipinski definition) is 5. The first kappa shape index (κ1) is 22.3. The molecule has 0 aliphatic heterocycles. The predicted octanol–water partition coefficient (Wildman–Crippen LogP) is 3.98. The Bertz CT molecular complexity index is 1170. The lowest BCUT2D eigenvalue weighted by Gasteiger charge is -2.23. The van der Waals surface area contributed by atoms with Gasteiger partial charge in [-0.15, -0.1) is 0 Å². The van der Waals surface area contributed by atoms with E-state index < -0.39 is 20.7 Å². The Hall–Kier alpha value is -3.42. The van der Waals surface area contributed by atoms with Gasteiger partial charge in [-0.2, -0.15) is 0 Å². The molecule has 7 heteroatoms. The summed E-state index contributed by atoms with van der Waals surface area (Å²) in [5, 5.41) is 9.66. The zero-order chi connectivity index (χ0) is 22.5. The third-order valence-electron chi connectivity index (χ3n) is 4.96. The van der Waals surface area contributed by atoms with E-state index in [4.69, 9.17) is 10.5 Å². The Kier molecular flexibility index (Phi) is 6.58. The fraction of sp³-hybridized carbons (Fsp3) is 0.125. The molecule has 3 rings (SSSR count). The summed E-state index contributed by atoms with van der Waals surface area (Å²) >= 11 is 0. The van der Waals surface area contributed by atoms with Crippen molar-refractivity contribution in [3.8, 4) is 16.9 Å². The van der Waals surface area contributed by atoms with Crippen molar-refractivity contribution in [1.82, 2.24) is 0 Å². The molecule has 0 fully saturated rings. The fourth-order valence-corrected chi connectivity index (χ4v) is 4.53. The van der Waals surface area contributed by atoms with E-state index in [0.717, 1.165) is 16.7 Å². The van der Waals surface area contributed by atoms with Gasteiger partial charge in [0.15, 0.2) is 0 Å². The maximum Gasteiger partial charge on any atom is 0.340 e. The van der Waals surface area contributed by atoms with Gasteiger partial charge in [-0.05, 0) is 41.0 Å². The Morgan fingerprint density at radius 1 is 0.968 bits per heavy atom. The molecule has 0 bridgehead atoms. The lowest BCUT2D eigenvalue weighted by atomic mass is 10.1. The molecule has 3 N–H and O–H groups in total. The molecule has 0 saturated carbocycles. The van der Waals surface area contributed by atoms with Gasteiger partial charge in [-0.3, -0.25) is 0 Å². The molecule has 0 heterocycles. The van der Waals surface area contributed by atoms with Crippen LogP contribution < -0.4 is 10.5 Å². The van der Waals surface area contributed by atoms with Crippen molar-refractivity contribution in [1.29, 1.82) is 0 Å². The average molecular weight is 438 g/mol. The molecule has 1 unspecified atom stereocenters. The first-order chi connectivity index (χ1) is 14.8. The van der Waals surface area contributed by atoms with Crippen LogP contribution in [0.2, 0.25) is 0 Å². The third-order valence-corrected chi connectivity index (χ3v) is 7.15. The molecular weight excluding hydrogens is 414 g/mol. The number of hydrogen-bond donors (Lipinski definition) is 2. The molecule has 0 radical (unpaired) electrons. The minimum Gasteiger partial charge on any atom is -0.497 e. The quantitative estimate of drug-likeness (QED) is 0.552. The molecule has 31 heavy (non-hydrogen) atoms. The lowest BCUT2D eigenvalue weighted by Crippen LogP contribution is -2.54. The fourth-order valence-electron chi connectivity index (χ4n) is 3.07. The highest BCUT2D eigenvalue weighted by Crippen LogP contribution is 2.29. The van der Waals surface area contributed by atoms with E-state index in [0.29, 0.717) is 5.75 Å². The van der Waals surface area contributed by atoms with Crippen LogP contribution >= 0.6 is 0 Å². The summed E-state index contributed by atoms with van der Waals surface area (Å²) in [5.41, 5.74) is 8.41. The van der Waals surface area contributed by atoms with Crippen LogP contribution in [0.15, 0.2) is 89.8 Å². The van der Waals surface area contributed by atoms with Crippen LogP contribution in [0.4, 0.5) is 0 Å². The smallest absolute Gasteiger partial charge is 0.340 e. The molecule has 1 atom stereocenters. The molecule has 0 aliphatic rings. The second-order valence-electron chi connectivity index (χ2n) is 6.97. The molecule has 0 aliphatic carbocycles. The summed E-state index contributed by atoms with van der Waals surface area (Å²) in [4.78, 5) is 9.25. The highest BCUT2D eigenvalue weighted by molar-refractivity contribution is 7.93. The molecule has 160 valence electrons. The Labute approximate surface area is 181 Å². The number of ether oxygens (including phenoxy) is 1. The van der Waals surface area contributed by atoms with Crippen LogP contribution in [-0.4, -0.2) is 31.5 Å². The predicted molar refractivity (Wildman–Crippen MR) is 120 cm³/mol. The molecule has 0 saturated heterocycles. The zero-order valence-corrected chi connectivity index (χ0v) is 17.7. The summed E-state index contributed by atoms with van der Waals surface area (Å²) in [5.74, 6) is -0.898. The number of rotatable bonds is 8. The number of methoxy groups -OCH3 is 1. The van der Waals surface area contributed by atoms with Crippen LogP contribution in [-0.2, 0) is 14.6 Å². The monoisotopic (exact) mass is 437 g/mol. The molecule has 0 spiro atoms. The largest absolute Gasteiger partial charge is 0.497 e. The second kappa shape index (κ2) is 9.16. The number of sulfone groups is 1. The van der Waals surface area contributed by atoms with E-state index in [-0.39, 0.29) is 11.3 Å². The van der Waals surface area contributed by atoms with Gasteiger partial charge < -0.3 is 15.6 Å². The molecular formula is C24H23NO5S. The standard InChI is InChI=1S/C24H23NO5S/c1-30-21-13-9-19(10-14-21)20-11-15-22(16-12-20)31(28,29)24(25,23(26)27)17-5-8-18-6-3-2-4-7-18/h2-16H,17,25H2,1H3,(H,26,27). The lowest BCUT2D eigenvalue weighted by molar-refractivity contribution is -0.139. The zero-order valence-electron chi connectivity index (χ0n) is 16.9. The number of carboxylic acids is 1. The van der Waals surface area contributed by atoms with Crippen molar-refractivity contribution in [2.45, 2.75) is 16.2 Å². The molecule has 3 aromatic rings. The van der Waals surface area contributed by atoms with Crippen molar-refractivity contribution in [3.63, 3.8) is 0 Å². The topological polar surface area (TPSA) is 107 Å². The average Bonchev–Trinajstić information content (AvgIpc) is 2.79. The minimum absolute atomic E-state index is 0.150. The normalized spacial score (nSPS) is 13.6. The Balaban J connectivity index is 1.87. The number of nitrogens with two attached hydrogens (primary N) is 1. The molecule has 6 nitrogen and oxygen atoms in total. The molecule has 3 aromatic carbocycles. The van der Waals surface area contributed by atoms with Crippen molar-refractivity contribution < 1.29 is 23.1 Å². The Morgan fingerprint density at radius 3 is 2.03 bits per heavy atom. The number of benzene rings is 3. The Morgan fingerprint density at radius 2 is 1.52 bits per heavy atom. The number of carboxylic acid groups (broad SMARTS) is 1. The summed E-state index contributed by atoms with van der Waals surface area (Å²) in [6, 6.07) is 22.4. The third kappa shape index (κ3) is 4.68. The molecule has 0 amide bonds. The van der Waals surface area contributed by atoms with Gasteiger partial charge in [-0.1, -0.05) is 66.7 Å². The van der Waals surface area contributed by atoms with E-state index in [2.05, 4.69) is 0 Å². The molecule has 0 aromatic heterocycles. The maximum absolute atomic E-state index is 13.1. The van der Waals surface area contributed by atoms with Crippen LogP contribution in [0.5, 0.6) is 5.75 Å². The van der Waals surface area contributed by atoms with Gasteiger partial charge in [0.25, 0.3) is 0 Å². The van der Waals surface area contributed by atoms with Gasteiger partial charge in [0.2, 0.25) is 14.7 Å². The van der Waals surface area contributed by atoms with Crippen LogP contribution in [0.3, 0.4) is 0 Å². The SMILES string of the molecule is COc1ccc(-c2ccc(S(=O)(=O)C(N)(CC=Cc3ccccc3)C(=O)O)cc2)cc1. The summed E-state index contributed by atoms with van der Waals surface area (Å²) in [7, 11) is -2.78. The summed E-state index contributed by atoms with van der Waals surface area (Å²) in [6.07, 6.45) is 2.74. The van der Waals surface area contributed by atoms with Crippen molar-refractivity contribution in [3.05, 3.63) is 90.5 Å². The van der Waals surface area contributed by atoms with Gasteiger partial charge in [0, 0.05) is 6.42 Å². The van der Waals surface area contributed by atoms with E-state index in [9.17, 15) is 18.3 Å². The summed E-state index contributed by atoms with van der Waals surface area (Å²) in [6.45, 7) is 0. The van der Waals surface area contributed by atoms with Crippen LogP contribution in [0.1, 0.15) is 12.0 Å². The second-order valence-corrected chi connectivity index (χ2v) is 9.17.